The lowest BCUT2D eigenvalue weighted by Crippen LogP contribution is -2.42. The fourth-order valence-corrected chi connectivity index (χ4v) is 5.09. The average Bonchev–Trinajstić information content (AvgIpc) is 3.15. The topological polar surface area (TPSA) is 79.4 Å². The Morgan fingerprint density at radius 2 is 2.12 bits per heavy atom. The fraction of sp³-hybridized carbons (Fsp3) is 0.375. The lowest BCUT2D eigenvalue weighted by molar-refractivity contribution is -0.126. The van der Waals surface area contributed by atoms with Crippen molar-refractivity contribution in [1.82, 2.24) is 14.6 Å². The number of thiazole rings is 1. The summed E-state index contributed by atoms with van der Waals surface area (Å²) >= 11 is 7.15. The average molecular weight is 418 g/mol. The third kappa shape index (κ3) is 4.22. The Bertz CT molecular complexity index is 882. The number of nitrogens with zero attached hydrogens (tertiary/aromatic N) is 2. The molecule has 0 saturated carbocycles. The number of rotatable bonds is 5. The van der Waals surface area contributed by atoms with Gasteiger partial charge < -0.3 is 5.32 Å². The minimum absolute atomic E-state index is 0.0460. The molecule has 2 aromatic rings. The van der Waals surface area contributed by atoms with Crippen molar-refractivity contribution in [1.29, 1.82) is 0 Å². The highest BCUT2D eigenvalue weighted by Gasteiger charge is 2.32. The lowest BCUT2D eigenvalue weighted by atomic mass is 9.97. The van der Waals surface area contributed by atoms with E-state index in [1.165, 1.54) is 21.7 Å². The van der Waals surface area contributed by atoms with Crippen LogP contribution >= 0.6 is 22.9 Å². The van der Waals surface area contributed by atoms with Gasteiger partial charge in [0.05, 0.1) is 27.7 Å². The van der Waals surface area contributed by atoms with E-state index in [9.17, 15) is 17.6 Å². The number of piperidine rings is 1. The van der Waals surface area contributed by atoms with Gasteiger partial charge in [0.2, 0.25) is 15.9 Å². The van der Waals surface area contributed by atoms with E-state index in [4.69, 9.17) is 11.6 Å². The highest BCUT2D eigenvalue weighted by Crippen LogP contribution is 2.26. The van der Waals surface area contributed by atoms with Gasteiger partial charge in [0.25, 0.3) is 0 Å². The molecule has 1 amide bonds. The monoisotopic (exact) mass is 417 g/mol. The van der Waals surface area contributed by atoms with Crippen molar-refractivity contribution in [3.05, 3.63) is 45.6 Å². The maximum Gasteiger partial charge on any atom is 0.243 e. The Morgan fingerprint density at radius 3 is 2.73 bits per heavy atom. The number of benzene rings is 1. The van der Waals surface area contributed by atoms with E-state index in [0.717, 1.165) is 17.8 Å². The van der Waals surface area contributed by atoms with Gasteiger partial charge in [-0.1, -0.05) is 11.6 Å². The van der Waals surface area contributed by atoms with E-state index < -0.39 is 15.8 Å². The molecule has 2 heterocycles. The quantitative estimate of drug-likeness (QED) is 0.811. The molecule has 10 heteroatoms. The van der Waals surface area contributed by atoms with E-state index in [2.05, 4.69) is 10.3 Å². The summed E-state index contributed by atoms with van der Waals surface area (Å²) < 4.78 is 39.9. The van der Waals surface area contributed by atoms with Gasteiger partial charge in [-0.05, 0) is 31.0 Å². The van der Waals surface area contributed by atoms with Gasteiger partial charge >= 0.3 is 0 Å². The zero-order valence-electron chi connectivity index (χ0n) is 13.7. The molecule has 0 unspecified atom stereocenters. The van der Waals surface area contributed by atoms with Crippen LogP contribution in [0.4, 0.5) is 4.39 Å². The van der Waals surface area contributed by atoms with Gasteiger partial charge in [0.1, 0.15) is 5.82 Å². The molecule has 0 aliphatic carbocycles. The molecule has 140 valence electrons. The molecule has 3 rings (SSSR count). The molecule has 1 N–H and O–H groups in total. The van der Waals surface area contributed by atoms with Gasteiger partial charge in [0.15, 0.2) is 0 Å². The molecule has 0 radical (unpaired) electrons. The first-order chi connectivity index (χ1) is 12.4. The van der Waals surface area contributed by atoms with Crippen LogP contribution < -0.4 is 5.32 Å². The van der Waals surface area contributed by atoms with E-state index in [1.807, 2.05) is 5.38 Å². The maximum absolute atomic E-state index is 13.3. The number of amides is 1. The smallest absolute Gasteiger partial charge is 0.243 e. The highest BCUT2D eigenvalue weighted by atomic mass is 35.5. The molecule has 1 aliphatic heterocycles. The second-order valence-electron chi connectivity index (χ2n) is 5.95. The lowest BCUT2D eigenvalue weighted by Gasteiger charge is -2.30. The van der Waals surface area contributed by atoms with Crippen molar-refractivity contribution in [3.63, 3.8) is 0 Å². The molecule has 1 saturated heterocycles. The van der Waals surface area contributed by atoms with Gasteiger partial charge in [0, 0.05) is 24.4 Å². The van der Waals surface area contributed by atoms with Crippen LogP contribution in [0.15, 0.2) is 34.0 Å². The van der Waals surface area contributed by atoms with Crippen LogP contribution in [-0.2, 0) is 21.4 Å². The Hall–Kier alpha value is -1.55. The van der Waals surface area contributed by atoms with Gasteiger partial charge in [-0.25, -0.2) is 17.8 Å². The molecule has 1 aromatic carbocycles. The van der Waals surface area contributed by atoms with Crippen molar-refractivity contribution < 1.29 is 17.6 Å². The Kier molecular flexibility index (Phi) is 5.91. The first kappa shape index (κ1) is 19.2. The van der Waals surface area contributed by atoms with Crippen LogP contribution in [0.3, 0.4) is 0 Å². The number of aromatic nitrogens is 1. The second kappa shape index (κ2) is 7.99. The van der Waals surface area contributed by atoms with Crippen LogP contribution in [0.2, 0.25) is 5.02 Å². The number of halogens is 2. The van der Waals surface area contributed by atoms with Gasteiger partial charge in [-0.3, -0.25) is 4.79 Å². The van der Waals surface area contributed by atoms with Crippen molar-refractivity contribution >= 4 is 38.9 Å². The minimum Gasteiger partial charge on any atom is -0.350 e. The first-order valence-electron chi connectivity index (χ1n) is 7.98. The summed E-state index contributed by atoms with van der Waals surface area (Å²) in [6.45, 7) is 0.827. The van der Waals surface area contributed by atoms with E-state index >= 15 is 0 Å². The molecule has 0 atom stereocenters. The molecule has 1 aromatic heterocycles. The van der Waals surface area contributed by atoms with E-state index in [1.54, 1.807) is 5.51 Å². The maximum atomic E-state index is 13.3. The van der Waals surface area contributed by atoms with Crippen molar-refractivity contribution in [2.24, 2.45) is 5.92 Å². The van der Waals surface area contributed by atoms with E-state index in [-0.39, 0.29) is 34.8 Å². The standard InChI is InChI=1S/C16H17ClFN3O3S2/c17-14-7-13(1-2-15(14)18)26(23,24)21-5-3-11(4-6-21)16(22)19-8-12-9-25-10-20-12/h1-2,7,9-11H,3-6,8H2,(H,19,22). The molecular formula is C16H17ClFN3O3S2. The van der Waals surface area contributed by atoms with Crippen LogP contribution in [0, 0.1) is 11.7 Å². The number of hydrogen-bond donors (Lipinski definition) is 1. The second-order valence-corrected chi connectivity index (χ2v) is 9.02. The number of carbonyl (C=O) groups is 1. The van der Waals surface area contributed by atoms with Gasteiger partial charge in [-0.15, -0.1) is 11.3 Å². The molecule has 1 aliphatic rings. The summed E-state index contributed by atoms with van der Waals surface area (Å²) in [5, 5.41) is 4.46. The Labute approximate surface area is 160 Å². The Balaban J connectivity index is 1.58. The number of sulfonamides is 1. The normalized spacial score (nSPS) is 16.5. The third-order valence-electron chi connectivity index (χ3n) is 4.28. The molecular weight excluding hydrogens is 401 g/mol. The zero-order valence-corrected chi connectivity index (χ0v) is 16.1. The molecule has 26 heavy (non-hydrogen) atoms. The van der Waals surface area contributed by atoms with Crippen molar-refractivity contribution in [3.8, 4) is 0 Å². The fourth-order valence-electron chi connectivity index (χ4n) is 2.79. The molecule has 1 fully saturated rings. The van der Waals surface area contributed by atoms with Crippen molar-refractivity contribution in [2.45, 2.75) is 24.3 Å². The largest absolute Gasteiger partial charge is 0.350 e. The van der Waals surface area contributed by atoms with E-state index in [0.29, 0.717) is 19.4 Å². The Morgan fingerprint density at radius 1 is 1.38 bits per heavy atom. The summed E-state index contributed by atoms with van der Waals surface area (Å²) in [6, 6.07) is 3.34. The predicted octanol–water partition coefficient (Wildman–Crippen LogP) is 2.65. The molecule has 0 bridgehead atoms. The molecule has 0 spiro atoms. The summed E-state index contributed by atoms with van der Waals surface area (Å²) in [6.07, 6.45) is 0.855. The number of hydrogen-bond acceptors (Lipinski definition) is 5. The molecule has 6 nitrogen and oxygen atoms in total. The number of nitrogens with one attached hydrogen (secondary N) is 1. The predicted molar refractivity (Wildman–Crippen MR) is 96.9 cm³/mol. The zero-order chi connectivity index (χ0) is 18.7. The van der Waals surface area contributed by atoms with Crippen molar-refractivity contribution in [2.75, 3.05) is 13.1 Å². The SMILES string of the molecule is O=C(NCc1cscn1)C1CCN(S(=O)(=O)c2ccc(F)c(Cl)c2)CC1. The summed E-state index contributed by atoms with van der Waals surface area (Å²) in [5.74, 6) is -1.00. The van der Waals surface area contributed by atoms with Gasteiger partial charge in [-0.2, -0.15) is 4.31 Å². The summed E-state index contributed by atoms with van der Waals surface area (Å²) in [4.78, 5) is 16.3. The van der Waals surface area contributed by atoms with Crippen LogP contribution in [0.25, 0.3) is 0 Å². The minimum atomic E-state index is -3.76. The highest BCUT2D eigenvalue weighted by molar-refractivity contribution is 7.89. The van der Waals surface area contributed by atoms with Crippen LogP contribution in [0.5, 0.6) is 0 Å². The summed E-state index contributed by atoms with van der Waals surface area (Å²) in [7, 11) is -3.76. The third-order valence-corrected chi connectivity index (χ3v) is 7.10. The van der Waals surface area contributed by atoms with Crippen LogP contribution in [0.1, 0.15) is 18.5 Å². The first-order valence-corrected chi connectivity index (χ1v) is 10.7. The summed E-state index contributed by atoms with van der Waals surface area (Å²) in [5.41, 5.74) is 2.50. The van der Waals surface area contributed by atoms with Crippen LogP contribution in [-0.4, -0.2) is 36.7 Å². The number of carbonyl (C=O) groups excluding carboxylic acids is 1.